The molecule has 0 atom stereocenters. The van der Waals surface area contributed by atoms with E-state index in [0.29, 0.717) is 27.8 Å². The number of amides is 1. The SMILES string of the molecule is O=C(O)CCCN1C(=O)/C(=C/C=C\c2ccccc2O)SC1=S. The smallest absolute Gasteiger partial charge is 0.303 e. The summed E-state index contributed by atoms with van der Waals surface area (Å²) in [7, 11) is 0. The van der Waals surface area contributed by atoms with Crippen molar-refractivity contribution in [2.75, 3.05) is 6.54 Å². The molecule has 7 heteroatoms. The van der Waals surface area contributed by atoms with Gasteiger partial charge in [0.05, 0.1) is 4.91 Å². The molecule has 120 valence electrons. The second kappa shape index (κ2) is 7.94. The number of thiocarbonyl (C=S) groups is 1. The number of hydrogen-bond donors (Lipinski definition) is 2. The summed E-state index contributed by atoms with van der Waals surface area (Å²) in [6.45, 7) is 0.303. The molecule has 1 aromatic rings. The second-order valence-electron chi connectivity index (χ2n) is 4.77. The number of aliphatic carboxylic acids is 1. The van der Waals surface area contributed by atoms with Crippen LogP contribution in [0.5, 0.6) is 5.75 Å². The second-order valence-corrected chi connectivity index (χ2v) is 6.45. The maximum atomic E-state index is 12.2. The van der Waals surface area contributed by atoms with Gasteiger partial charge in [0.15, 0.2) is 0 Å². The number of phenolic OH excluding ortho intramolecular Hbond substituents is 1. The van der Waals surface area contributed by atoms with Crippen molar-refractivity contribution in [2.45, 2.75) is 12.8 Å². The Morgan fingerprint density at radius 2 is 2.09 bits per heavy atom. The molecule has 1 aliphatic rings. The third-order valence-corrected chi connectivity index (χ3v) is 4.50. The largest absolute Gasteiger partial charge is 0.507 e. The Morgan fingerprint density at radius 3 is 2.78 bits per heavy atom. The highest BCUT2D eigenvalue weighted by molar-refractivity contribution is 8.26. The van der Waals surface area contributed by atoms with Gasteiger partial charge in [0.1, 0.15) is 10.1 Å². The van der Waals surface area contributed by atoms with Crippen molar-refractivity contribution in [3.8, 4) is 5.75 Å². The lowest BCUT2D eigenvalue weighted by molar-refractivity contribution is -0.137. The molecule has 1 saturated heterocycles. The Morgan fingerprint density at radius 1 is 1.35 bits per heavy atom. The molecule has 2 rings (SSSR count). The first-order valence-electron chi connectivity index (χ1n) is 6.91. The molecule has 1 aliphatic heterocycles. The van der Waals surface area contributed by atoms with Crippen molar-refractivity contribution < 1.29 is 19.8 Å². The highest BCUT2D eigenvalue weighted by Gasteiger charge is 2.31. The minimum atomic E-state index is -0.892. The number of carbonyl (C=O) groups is 2. The Bertz CT molecular complexity index is 697. The average Bonchev–Trinajstić information content (AvgIpc) is 2.76. The van der Waals surface area contributed by atoms with Crippen LogP contribution in [-0.4, -0.2) is 37.9 Å². The number of phenols is 1. The van der Waals surface area contributed by atoms with E-state index in [4.69, 9.17) is 17.3 Å². The molecule has 0 aromatic heterocycles. The number of nitrogens with zero attached hydrogens (tertiary/aromatic N) is 1. The van der Waals surface area contributed by atoms with Crippen LogP contribution in [0.2, 0.25) is 0 Å². The standard InChI is InChI=1S/C16H15NO4S2/c18-12-7-2-1-5-11(12)6-3-8-13-15(21)17(16(22)23-13)10-4-9-14(19)20/h1-3,5-8,18H,4,9-10H2,(H,19,20)/b6-3-,13-8-. The molecule has 1 amide bonds. The summed E-state index contributed by atoms with van der Waals surface area (Å²) >= 11 is 6.34. The third-order valence-electron chi connectivity index (χ3n) is 3.11. The predicted molar refractivity (Wildman–Crippen MR) is 94.0 cm³/mol. The summed E-state index contributed by atoms with van der Waals surface area (Å²) in [5.74, 6) is -0.942. The fourth-order valence-corrected chi connectivity index (χ4v) is 3.22. The number of rotatable bonds is 6. The van der Waals surface area contributed by atoms with Gasteiger partial charge in [-0.25, -0.2) is 0 Å². The highest BCUT2D eigenvalue weighted by Crippen LogP contribution is 2.31. The molecule has 0 unspecified atom stereocenters. The zero-order valence-corrected chi connectivity index (χ0v) is 13.8. The minimum absolute atomic E-state index is 0.00327. The first kappa shape index (κ1) is 17.2. The number of allylic oxidation sites excluding steroid dienone is 2. The van der Waals surface area contributed by atoms with Crippen LogP contribution in [-0.2, 0) is 9.59 Å². The number of aromatic hydroxyl groups is 1. The maximum absolute atomic E-state index is 12.2. The molecule has 0 aliphatic carbocycles. The van der Waals surface area contributed by atoms with Crippen LogP contribution in [0.4, 0.5) is 0 Å². The van der Waals surface area contributed by atoms with Crippen molar-refractivity contribution in [3.63, 3.8) is 0 Å². The van der Waals surface area contributed by atoms with Gasteiger partial charge in [-0.05, 0) is 18.6 Å². The molecule has 2 N–H and O–H groups in total. The molecule has 0 radical (unpaired) electrons. The molecule has 0 spiro atoms. The Labute approximate surface area is 143 Å². The number of benzene rings is 1. The fraction of sp³-hybridized carbons (Fsp3) is 0.188. The van der Waals surface area contributed by atoms with Crippen LogP contribution in [0.25, 0.3) is 6.08 Å². The number of carboxylic acids is 1. The fourth-order valence-electron chi connectivity index (χ4n) is 1.96. The molecular formula is C16H15NO4S2. The topological polar surface area (TPSA) is 77.8 Å². The summed E-state index contributed by atoms with van der Waals surface area (Å²) in [5.41, 5.74) is 0.653. The van der Waals surface area contributed by atoms with Crippen LogP contribution in [0.15, 0.2) is 41.3 Å². The zero-order valence-electron chi connectivity index (χ0n) is 12.1. The minimum Gasteiger partial charge on any atom is -0.507 e. The number of carbonyl (C=O) groups excluding carboxylic acids is 1. The summed E-state index contributed by atoms with van der Waals surface area (Å²) in [6, 6.07) is 6.88. The zero-order chi connectivity index (χ0) is 16.8. The monoisotopic (exact) mass is 349 g/mol. The predicted octanol–water partition coefficient (Wildman–Crippen LogP) is 3.01. The van der Waals surface area contributed by atoms with Gasteiger partial charge in [-0.15, -0.1) is 0 Å². The molecule has 1 fully saturated rings. The lowest BCUT2D eigenvalue weighted by atomic mass is 10.2. The van der Waals surface area contributed by atoms with Crippen molar-refractivity contribution in [1.29, 1.82) is 0 Å². The number of para-hydroxylation sites is 1. The first-order chi connectivity index (χ1) is 11.0. The lowest BCUT2D eigenvalue weighted by Crippen LogP contribution is -2.29. The van der Waals surface area contributed by atoms with E-state index >= 15 is 0 Å². The third kappa shape index (κ3) is 4.67. The van der Waals surface area contributed by atoms with Gasteiger partial charge in [0.2, 0.25) is 0 Å². The summed E-state index contributed by atoms with van der Waals surface area (Å²) in [4.78, 5) is 24.6. The van der Waals surface area contributed by atoms with Gasteiger partial charge in [0, 0.05) is 18.5 Å². The first-order valence-corrected chi connectivity index (χ1v) is 8.13. The molecule has 1 aromatic carbocycles. The van der Waals surface area contributed by atoms with E-state index in [1.807, 2.05) is 0 Å². The average molecular weight is 349 g/mol. The number of carboxylic acid groups (broad SMARTS) is 1. The van der Waals surface area contributed by atoms with Gasteiger partial charge in [-0.3, -0.25) is 14.5 Å². The summed E-state index contributed by atoms with van der Waals surface area (Å²) in [5, 5.41) is 18.3. The molecule has 23 heavy (non-hydrogen) atoms. The summed E-state index contributed by atoms with van der Waals surface area (Å²) in [6.07, 6.45) is 5.39. The van der Waals surface area contributed by atoms with Crippen molar-refractivity contribution in [3.05, 3.63) is 46.9 Å². The van der Waals surface area contributed by atoms with E-state index in [9.17, 15) is 14.7 Å². The van der Waals surface area contributed by atoms with Crippen LogP contribution in [0.3, 0.4) is 0 Å². The van der Waals surface area contributed by atoms with E-state index < -0.39 is 5.97 Å². The normalized spacial score (nSPS) is 16.7. The van der Waals surface area contributed by atoms with Crippen molar-refractivity contribution >= 4 is 46.3 Å². The van der Waals surface area contributed by atoms with E-state index in [-0.39, 0.29) is 18.1 Å². The molecule has 5 nitrogen and oxygen atoms in total. The van der Waals surface area contributed by atoms with Crippen LogP contribution in [0.1, 0.15) is 18.4 Å². The van der Waals surface area contributed by atoms with E-state index in [1.54, 1.807) is 42.5 Å². The highest BCUT2D eigenvalue weighted by atomic mass is 32.2. The van der Waals surface area contributed by atoms with Crippen LogP contribution < -0.4 is 0 Å². The molecule has 0 saturated carbocycles. The number of thioether (sulfide) groups is 1. The molecule has 1 heterocycles. The van der Waals surface area contributed by atoms with Crippen LogP contribution in [0, 0.1) is 0 Å². The molecule has 0 bridgehead atoms. The number of hydrogen-bond acceptors (Lipinski definition) is 5. The van der Waals surface area contributed by atoms with E-state index in [2.05, 4.69) is 0 Å². The maximum Gasteiger partial charge on any atom is 0.303 e. The quantitative estimate of drug-likeness (QED) is 0.607. The van der Waals surface area contributed by atoms with E-state index in [1.165, 1.54) is 16.7 Å². The van der Waals surface area contributed by atoms with Gasteiger partial charge in [-0.2, -0.15) is 0 Å². The molecular weight excluding hydrogens is 334 g/mol. The van der Waals surface area contributed by atoms with Crippen LogP contribution >= 0.6 is 24.0 Å². The summed E-state index contributed by atoms with van der Waals surface area (Å²) < 4.78 is 0.433. The van der Waals surface area contributed by atoms with Crippen molar-refractivity contribution in [2.24, 2.45) is 0 Å². The van der Waals surface area contributed by atoms with Gasteiger partial charge in [0.25, 0.3) is 5.91 Å². The Kier molecular flexibility index (Phi) is 5.95. The van der Waals surface area contributed by atoms with E-state index in [0.717, 1.165) is 0 Å². The van der Waals surface area contributed by atoms with Gasteiger partial charge >= 0.3 is 5.97 Å². The lowest BCUT2D eigenvalue weighted by Gasteiger charge is -2.12. The Hall–Kier alpha value is -2.12. The Balaban J connectivity index is 2.01. The van der Waals surface area contributed by atoms with Gasteiger partial charge in [-0.1, -0.05) is 54.3 Å². The van der Waals surface area contributed by atoms with Crippen molar-refractivity contribution in [1.82, 2.24) is 4.90 Å². The van der Waals surface area contributed by atoms with Gasteiger partial charge < -0.3 is 10.2 Å².